The van der Waals surface area contributed by atoms with Crippen LogP contribution in [0, 0.1) is 11.6 Å². The van der Waals surface area contributed by atoms with Gasteiger partial charge >= 0.3 is 0 Å². The number of benzene rings is 1. The van der Waals surface area contributed by atoms with Gasteiger partial charge in [-0.3, -0.25) is 9.59 Å². The van der Waals surface area contributed by atoms with Crippen LogP contribution >= 0.6 is 11.8 Å². The molecule has 20 heavy (non-hydrogen) atoms. The smallest absolute Gasteiger partial charge is 0.279 e. The first-order valence-corrected chi connectivity index (χ1v) is 6.99. The standard InChI is InChI=1S/C13H14F2N2O2S/c1-13(2,7-3-4-8(14)9(15)5-7)17-11(18)10-6-20-12(19)16-10/h3-5,10H,6H2,1-2H3,(H,16,19)(H,17,18). The Kier molecular flexibility index (Phi) is 3.99. The third-order valence-corrected chi connectivity index (χ3v) is 3.95. The molecule has 7 heteroatoms. The van der Waals surface area contributed by atoms with Crippen LogP contribution in [0.15, 0.2) is 18.2 Å². The van der Waals surface area contributed by atoms with Crippen LogP contribution < -0.4 is 10.6 Å². The van der Waals surface area contributed by atoms with Crippen LogP contribution in [0.2, 0.25) is 0 Å². The molecule has 1 unspecified atom stereocenters. The first-order valence-electron chi connectivity index (χ1n) is 6.00. The van der Waals surface area contributed by atoms with Crippen LogP contribution in [0.1, 0.15) is 19.4 Å². The lowest BCUT2D eigenvalue weighted by Crippen LogP contribution is -2.50. The van der Waals surface area contributed by atoms with E-state index >= 15 is 0 Å². The van der Waals surface area contributed by atoms with Gasteiger partial charge in [0.15, 0.2) is 11.6 Å². The zero-order valence-electron chi connectivity index (χ0n) is 11.0. The van der Waals surface area contributed by atoms with Crippen LogP contribution in [-0.4, -0.2) is 22.9 Å². The molecule has 4 nitrogen and oxygen atoms in total. The van der Waals surface area contributed by atoms with Crippen LogP contribution in [0.5, 0.6) is 0 Å². The zero-order chi connectivity index (χ0) is 14.9. The largest absolute Gasteiger partial charge is 0.345 e. The van der Waals surface area contributed by atoms with Gasteiger partial charge in [-0.15, -0.1) is 0 Å². The topological polar surface area (TPSA) is 58.2 Å². The Balaban J connectivity index is 2.11. The van der Waals surface area contributed by atoms with E-state index in [2.05, 4.69) is 10.6 Å². The molecule has 1 aromatic rings. The molecule has 0 aromatic heterocycles. The Hall–Kier alpha value is -1.63. The van der Waals surface area contributed by atoms with Gasteiger partial charge in [-0.05, 0) is 31.5 Å². The average molecular weight is 300 g/mol. The number of nitrogens with one attached hydrogen (secondary N) is 2. The summed E-state index contributed by atoms with van der Waals surface area (Å²) in [7, 11) is 0. The van der Waals surface area contributed by atoms with E-state index in [1.807, 2.05) is 0 Å². The minimum Gasteiger partial charge on any atom is -0.345 e. The van der Waals surface area contributed by atoms with E-state index in [0.717, 1.165) is 23.9 Å². The number of halogens is 2. The van der Waals surface area contributed by atoms with E-state index in [4.69, 9.17) is 0 Å². The summed E-state index contributed by atoms with van der Waals surface area (Å²) in [4.78, 5) is 23.1. The molecule has 2 rings (SSSR count). The van der Waals surface area contributed by atoms with Crippen LogP contribution in [0.3, 0.4) is 0 Å². The molecule has 1 aliphatic rings. The van der Waals surface area contributed by atoms with Crippen LogP contribution in [0.25, 0.3) is 0 Å². The fraction of sp³-hybridized carbons (Fsp3) is 0.385. The second-order valence-corrected chi connectivity index (χ2v) is 6.03. The van der Waals surface area contributed by atoms with Gasteiger partial charge in [-0.1, -0.05) is 17.8 Å². The van der Waals surface area contributed by atoms with Gasteiger partial charge < -0.3 is 10.6 Å². The van der Waals surface area contributed by atoms with Crippen LogP contribution in [0.4, 0.5) is 13.6 Å². The predicted octanol–water partition coefficient (Wildman–Crippen LogP) is 2.14. The SMILES string of the molecule is CC(C)(NC(=O)C1CSC(=O)N1)c1ccc(F)c(F)c1. The first-order chi connectivity index (χ1) is 9.29. The molecule has 108 valence electrons. The number of carbonyl (C=O) groups excluding carboxylic acids is 2. The summed E-state index contributed by atoms with van der Waals surface area (Å²) in [5, 5.41) is 5.01. The van der Waals surface area contributed by atoms with Crippen molar-refractivity contribution in [2.24, 2.45) is 0 Å². The lowest BCUT2D eigenvalue weighted by molar-refractivity contribution is -0.124. The lowest BCUT2D eigenvalue weighted by Gasteiger charge is -2.28. The highest BCUT2D eigenvalue weighted by Crippen LogP contribution is 2.23. The highest BCUT2D eigenvalue weighted by atomic mass is 32.2. The molecule has 0 spiro atoms. The molecule has 0 saturated carbocycles. The molecule has 1 saturated heterocycles. The number of amides is 2. The van der Waals surface area contributed by atoms with Gasteiger partial charge in [0.1, 0.15) is 6.04 Å². The summed E-state index contributed by atoms with van der Waals surface area (Å²) in [6, 6.07) is 2.89. The van der Waals surface area contributed by atoms with Gasteiger partial charge in [0.25, 0.3) is 5.24 Å². The molecule has 1 heterocycles. The van der Waals surface area contributed by atoms with Gasteiger partial charge in [-0.2, -0.15) is 0 Å². The van der Waals surface area contributed by atoms with Crippen molar-refractivity contribution in [3.63, 3.8) is 0 Å². The quantitative estimate of drug-likeness (QED) is 0.899. The average Bonchev–Trinajstić information content (AvgIpc) is 2.79. The van der Waals surface area contributed by atoms with E-state index < -0.39 is 23.2 Å². The monoisotopic (exact) mass is 300 g/mol. The van der Waals surface area contributed by atoms with Crippen molar-refractivity contribution < 1.29 is 18.4 Å². The minimum atomic E-state index is -0.963. The van der Waals surface area contributed by atoms with Gasteiger partial charge in [0, 0.05) is 5.75 Å². The van der Waals surface area contributed by atoms with Gasteiger partial charge in [0.2, 0.25) is 5.91 Å². The molecule has 2 amide bonds. The Morgan fingerprint density at radius 1 is 1.40 bits per heavy atom. The van der Waals surface area contributed by atoms with Crippen molar-refractivity contribution >= 4 is 22.9 Å². The van der Waals surface area contributed by atoms with Crippen molar-refractivity contribution in [3.8, 4) is 0 Å². The van der Waals surface area contributed by atoms with E-state index in [-0.39, 0.29) is 11.1 Å². The third kappa shape index (κ3) is 3.09. The normalized spacial score (nSPS) is 18.8. The van der Waals surface area contributed by atoms with Crippen molar-refractivity contribution in [3.05, 3.63) is 35.4 Å². The molecule has 1 aromatic carbocycles. The second kappa shape index (κ2) is 5.40. The van der Waals surface area contributed by atoms with E-state index in [1.165, 1.54) is 6.07 Å². The molecular formula is C13H14F2N2O2S. The number of hydrogen-bond donors (Lipinski definition) is 2. The molecule has 1 atom stereocenters. The minimum absolute atomic E-state index is 0.240. The third-order valence-electron chi connectivity index (χ3n) is 3.07. The van der Waals surface area contributed by atoms with E-state index in [0.29, 0.717) is 11.3 Å². The maximum absolute atomic E-state index is 13.3. The number of carbonyl (C=O) groups is 2. The van der Waals surface area contributed by atoms with Gasteiger partial charge in [0.05, 0.1) is 5.54 Å². The summed E-state index contributed by atoms with van der Waals surface area (Å²) in [5.41, 5.74) is -0.425. The van der Waals surface area contributed by atoms with Crippen LogP contribution in [-0.2, 0) is 10.3 Å². The molecular weight excluding hydrogens is 286 g/mol. The highest BCUT2D eigenvalue weighted by molar-refractivity contribution is 8.14. The fourth-order valence-electron chi connectivity index (χ4n) is 1.88. The van der Waals surface area contributed by atoms with Crippen molar-refractivity contribution in [2.45, 2.75) is 25.4 Å². The Morgan fingerprint density at radius 3 is 2.65 bits per heavy atom. The van der Waals surface area contributed by atoms with Crippen molar-refractivity contribution in [2.75, 3.05) is 5.75 Å². The molecule has 1 aliphatic heterocycles. The second-order valence-electron chi connectivity index (χ2n) is 5.04. The molecule has 1 fully saturated rings. The Bertz CT molecular complexity index is 563. The maximum Gasteiger partial charge on any atom is 0.279 e. The summed E-state index contributed by atoms with van der Waals surface area (Å²) in [5.74, 6) is -1.89. The lowest BCUT2D eigenvalue weighted by atomic mass is 9.93. The molecule has 0 bridgehead atoms. The van der Waals surface area contributed by atoms with Crippen molar-refractivity contribution in [1.29, 1.82) is 0 Å². The zero-order valence-corrected chi connectivity index (χ0v) is 11.8. The first kappa shape index (κ1) is 14.8. The van der Waals surface area contributed by atoms with E-state index in [1.54, 1.807) is 13.8 Å². The number of hydrogen-bond acceptors (Lipinski definition) is 3. The Morgan fingerprint density at radius 2 is 2.10 bits per heavy atom. The maximum atomic E-state index is 13.3. The summed E-state index contributed by atoms with van der Waals surface area (Å²) in [6.07, 6.45) is 0. The molecule has 2 N–H and O–H groups in total. The van der Waals surface area contributed by atoms with Crippen molar-refractivity contribution in [1.82, 2.24) is 10.6 Å². The Labute approximate surface area is 119 Å². The summed E-state index contributed by atoms with van der Waals surface area (Å²) >= 11 is 1.04. The highest BCUT2D eigenvalue weighted by Gasteiger charge is 2.32. The fourth-order valence-corrected chi connectivity index (χ4v) is 2.66. The van der Waals surface area contributed by atoms with Gasteiger partial charge in [-0.25, -0.2) is 8.78 Å². The summed E-state index contributed by atoms with van der Waals surface area (Å²) in [6.45, 7) is 3.36. The predicted molar refractivity (Wildman–Crippen MR) is 72.3 cm³/mol. The summed E-state index contributed by atoms with van der Waals surface area (Å²) < 4.78 is 26.2. The van der Waals surface area contributed by atoms with E-state index in [9.17, 15) is 18.4 Å². The molecule has 0 radical (unpaired) electrons. The number of rotatable bonds is 3. The number of thioether (sulfide) groups is 1. The molecule has 0 aliphatic carbocycles.